The summed E-state index contributed by atoms with van der Waals surface area (Å²) in [6.45, 7) is 0. The van der Waals surface area contributed by atoms with Gasteiger partial charge in [0.05, 0.1) is 17.4 Å². The zero-order valence-electron chi connectivity index (χ0n) is 11.5. The molecule has 0 unspecified atom stereocenters. The maximum Gasteiger partial charge on any atom is 0.234 e. The molecule has 0 aliphatic carbocycles. The lowest BCUT2D eigenvalue weighted by Crippen LogP contribution is -2.14. The Labute approximate surface area is 143 Å². The van der Waals surface area contributed by atoms with E-state index in [4.69, 9.17) is 28.5 Å². The third kappa shape index (κ3) is 4.96. The number of halogens is 2. The van der Waals surface area contributed by atoms with Crippen LogP contribution in [0.2, 0.25) is 10.0 Å². The average molecular weight is 351 g/mol. The molecule has 0 saturated heterocycles. The number of nitriles is 1. The third-order valence-corrected chi connectivity index (χ3v) is 4.19. The molecule has 0 fully saturated rings. The van der Waals surface area contributed by atoms with Crippen LogP contribution in [0, 0.1) is 11.3 Å². The van der Waals surface area contributed by atoms with Gasteiger partial charge in [0, 0.05) is 21.5 Å². The molecule has 112 valence electrons. The first kappa shape index (κ1) is 16.7. The summed E-state index contributed by atoms with van der Waals surface area (Å²) in [6, 6.07) is 14.4. The van der Waals surface area contributed by atoms with E-state index in [9.17, 15) is 4.79 Å². The van der Waals surface area contributed by atoms with E-state index in [-0.39, 0.29) is 11.7 Å². The van der Waals surface area contributed by atoms with E-state index < -0.39 is 0 Å². The van der Waals surface area contributed by atoms with Crippen LogP contribution in [0.1, 0.15) is 11.1 Å². The highest BCUT2D eigenvalue weighted by molar-refractivity contribution is 7.99. The summed E-state index contributed by atoms with van der Waals surface area (Å²) in [5.74, 6) is 0.745. The molecule has 0 atom stereocenters. The number of thioether (sulfide) groups is 1. The average Bonchev–Trinajstić information content (AvgIpc) is 2.46. The van der Waals surface area contributed by atoms with E-state index in [1.54, 1.807) is 24.3 Å². The number of carbonyl (C=O) groups is 1. The number of anilines is 1. The molecule has 0 aromatic heterocycles. The van der Waals surface area contributed by atoms with Crippen molar-refractivity contribution >= 4 is 46.6 Å². The molecule has 0 aliphatic rings. The molecule has 6 heteroatoms. The molecule has 22 heavy (non-hydrogen) atoms. The number of hydrogen-bond acceptors (Lipinski definition) is 3. The summed E-state index contributed by atoms with van der Waals surface area (Å²) in [5.41, 5.74) is 2.13. The fourth-order valence-electron chi connectivity index (χ4n) is 1.83. The number of nitrogens with zero attached hydrogens (tertiary/aromatic N) is 1. The van der Waals surface area contributed by atoms with Crippen molar-refractivity contribution in [2.24, 2.45) is 0 Å². The molecule has 2 aromatic carbocycles. The van der Waals surface area contributed by atoms with Crippen LogP contribution in [0.3, 0.4) is 0 Å². The minimum Gasteiger partial charge on any atom is -0.325 e. The molecule has 1 amide bonds. The van der Waals surface area contributed by atoms with E-state index >= 15 is 0 Å². The number of benzene rings is 2. The summed E-state index contributed by atoms with van der Waals surface area (Å²) >= 11 is 13.2. The first-order valence-electron chi connectivity index (χ1n) is 6.40. The first-order valence-corrected chi connectivity index (χ1v) is 8.31. The Morgan fingerprint density at radius 1 is 1.18 bits per heavy atom. The van der Waals surface area contributed by atoms with Crippen LogP contribution in [-0.4, -0.2) is 11.7 Å². The van der Waals surface area contributed by atoms with Gasteiger partial charge in [-0.05, 0) is 29.8 Å². The molecule has 3 nitrogen and oxygen atoms in total. The predicted molar refractivity (Wildman–Crippen MR) is 92.4 cm³/mol. The summed E-state index contributed by atoms with van der Waals surface area (Å²) in [7, 11) is 0. The van der Waals surface area contributed by atoms with Crippen LogP contribution < -0.4 is 5.32 Å². The molecule has 0 spiro atoms. The van der Waals surface area contributed by atoms with E-state index in [1.807, 2.05) is 18.2 Å². The third-order valence-electron chi connectivity index (χ3n) is 2.77. The molecule has 1 N–H and O–H groups in total. The second-order valence-corrected chi connectivity index (χ2v) is 6.33. The normalized spacial score (nSPS) is 10.0. The Balaban J connectivity index is 1.87. The van der Waals surface area contributed by atoms with Crippen molar-refractivity contribution in [3.8, 4) is 6.07 Å². The molecule has 2 aromatic rings. The Hall–Kier alpha value is -1.67. The maximum atomic E-state index is 11.9. The molecule has 0 saturated carbocycles. The second-order valence-electron chi connectivity index (χ2n) is 4.47. The van der Waals surface area contributed by atoms with Gasteiger partial charge in [-0.15, -0.1) is 11.8 Å². The largest absolute Gasteiger partial charge is 0.325 e. The standard InChI is InChI=1S/C16H12Cl2N2OS/c17-13-5-14(18)7-15(6-13)20-16(21)10-22-9-12-4-2-1-3-11(12)8-19/h1-7H,9-10H2,(H,20,21). The van der Waals surface area contributed by atoms with Gasteiger partial charge in [0.2, 0.25) is 5.91 Å². The van der Waals surface area contributed by atoms with Crippen molar-refractivity contribution < 1.29 is 4.79 Å². The lowest BCUT2D eigenvalue weighted by atomic mass is 10.1. The fraction of sp³-hybridized carbons (Fsp3) is 0.125. The Morgan fingerprint density at radius 2 is 1.86 bits per heavy atom. The highest BCUT2D eigenvalue weighted by Crippen LogP contribution is 2.23. The number of nitrogens with one attached hydrogen (secondary N) is 1. The summed E-state index contributed by atoms with van der Waals surface area (Å²) < 4.78 is 0. The predicted octanol–water partition coefficient (Wildman–Crippen LogP) is 4.74. The van der Waals surface area contributed by atoms with Crippen molar-refractivity contribution in [2.45, 2.75) is 5.75 Å². The van der Waals surface area contributed by atoms with Crippen molar-refractivity contribution in [1.29, 1.82) is 5.26 Å². The molecule has 0 heterocycles. The Bertz CT molecular complexity index is 708. The zero-order chi connectivity index (χ0) is 15.9. The van der Waals surface area contributed by atoms with E-state index in [0.29, 0.717) is 27.0 Å². The van der Waals surface area contributed by atoms with Crippen molar-refractivity contribution in [3.05, 3.63) is 63.6 Å². The SMILES string of the molecule is N#Cc1ccccc1CSCC(=O)Nc1cc(Cl)cc(Cl)c1. The van der Waals surface area contributed by atoms with Gasteiger partial charge >= 0.3 is 0 Å². The molecule has 2 rings (SSSR count). The number of rotatable bonds is 5. The number of carbonyl (C=O) groups excluding carboxylic acids is 1. The number of amides is 1. The molecule has 0 radical (unpaired) electrons. The van der Waals surface area contributed by atoms with E-state index in [2.05, 4.69) is 11.4 Å². The monoisotopic (exact) mass is 350 g/mol. The molecular formula is C16H12Cl2N2OS. The smallest absolute Gasteiger partial charge is 0.234 e. The van der Waals surface area contributed by atoms with Crippen LogP contribution in [0.25, 0.3) is 0 Å². The van der Waals surface area contributed by atoms with Gasteiger partial charge in [-0.1, -0.05) is 41.4 Å². The molecular weight excluding hydrogens is 339 g/mol. The summed E-state index contributed by atoms with van der Waals surface area (Å²) in [6.07, 6.45) is 0. The highest BCUT2D eigenvalue weighted by Gasteiger charge is 2.06. The molecule has 0 bridgehead atoms. The first-order chi connectivity index (χ1) is 10.6. The highest BCUT2D eigenvalue weighted by atomic mass is 35.5. The summed E-state index contributed by atoms with van der Waals surface area (Å²) in [4.78, 5) is 11.9. The minimum atomic E-state index is -0.141. The van der Waals surface area contributed by atoms with Crippen molar-refractivity contribution in [2.75, 3.05) is 11.1 Å². The van der Waals surface area contributed by atoms with Crippen LogP contribution in [0.5, 0.6) is 0 Å². The van der Waals surface area contributed by atoms with Crippen molar-refractivity contribution in [1.82, 2.24) is 0 Å². The van der Waals surface area contributed by atoms with Gasteiger partial charge in [-0.25, -0.2) is 0 Å². The Kier molecular flexibility index (Phi) is 6.14. The quantitative estimate of drug-likeness (QED) is 0.847. The van der Waals surface area contributed by atoms with Crippen LogP contribution in [0.4, 0.5) is 5.69 Å². The maximum absolute atomic E-state index is 11.9. The Morgan fingerprint density at radius 3 is 2.55 bits per heavy atom. The van der Waals surface area contributed by atoms with Crippen LogP contribution in [-0.2, 0) is 10.5 Å². The minimum absolute atomic E-state index is 0.141. The van der Waals surface area contributed by atoms with Crippen LogP contribution >= 0.6 is 35.0 Å². The lowest BCUT2D eigenvalue weighted by molar-refractivity contribution is -0.113. The van der Waals surface area contributed by atoms with Gasteiger partial charge in [0.15, 0.2) is 0 Å². The lowest BCUT2D eigenvalue weighted by Gasteiger charge is -2.07. The topological polar surface area (TPSA) is 52.9 Å². The van der Waals surface area contributed by atoms with Gasteiger partial charge < -0.3 is 5.32 Å². The second kappa shape index (κ2) is 8.09. The van der Waals surface area contributed by atoms with Gasteiger partial charge in [-0.3, -0.25) is 4.79 Å². The van der Waals surface area contributed by atoms with Gasteiger partial charge in [0.1, 0.15) is 0 Å². The molecule has 0 aliphatic heterocycles. The van der Waals surface area contributed by atoms with Gasteiger partial charge in [0.25, 0.3) is 0 Å². The van der Waals surface area contributed by atoms with Gasteiger partial charge in [-0.2, -0.15) is 5.26 Å². The zero-order valence-corrected chi connectivity index (χ0v) is 13.8. The van der Waals surface area contributed by atoms with Crippen LogP contribution in [0.15, 0.2) is 42.5 Å². The fourth-order valence-corrected chi connectivity index (χ4v) is 3.19. The summed E-state index contributed by atoms with van der Waals surface area (Å²) in [5, 5.41) is 12.7. The van der Waals surface area contributed by atoms with Crippen molar-refractivity contribution in [3.63, 3.8) is 0 Å². The van der Waals surface area contributed by atoms with E-state index in [1.165, 1.54) is 11.8 Å². The van der Waals surface area contributed by atoms with E-state index in [0.717, 1.165) is 5.56 Å². The number of hydrogen-bond donors (Lipinski definition) is 1.